The number of anilines is 1. The van der Waals surface area contributed by atoms with E-state index in [1.807, 2.05) is 42.5 Å². The lowest BCUT2D eigenvalue weighted by Crippen LogP contribution is -2.30. The van der Waals surface area contributed by atoms with Crippen LogP contribution in [0, 0.1) is 0 Å². The Bertz CT molecular complexity index is 310. The molecule has 0 atom stereocenters. The van der Waals surface area contributed by atoms with Crippen molar-refractivity contribution in [3.63, 3.8) is 0 Å². The van der Waals surface area contributed by atoms with Crippen LogP contribution in [0.4, 0.5) is 5.69 Å². The van der Waals surface area contributed by atoms with Gasteiger partial charge in [-0.1, -0.05) is 0 Å². The number of thioether (sulfide) groups is 1. The fourth-order valence-corrected chi connectivity index (χ4v) is 1.57. The Kier molecular flexibility index (Phi) is 3.83. The first-order valence-corrected chi connectivity index (χ1v) is 5.49. The summed E-state index contributed by atoms with van der Waals surface area (Å²) >= 11 is 1.69. The average molecular weight is 210 g/mol. The van der Waals surface area contributed by atoms with E-state index in [1.54, 1.807) is 11.8 Å². The number of likely N-dealkylation sites (N-methyl/N-ethyl adjacent to an activating group) is 1. The maximum Gasteiger partial charge on any atom is 0.236 e. The molecule has 0 aliphatic heterocycles. The van der Waals surface area contributed by atoms with Gasteiger partial charge in [-0.25, -0.2) is 0 Å². The highest BCUT2D eigenvalue weighted by atomic mass is 32.2. The fraction of sp³-hybridized carbons (Fsp3) is 0.300. The molecular formula is C10H14N2OS. The van der Waals surface area contributed by atoms with Gasteiger partial charge in [0.15, 0.2) is 0 Å². The summed E-state index contributed by atoms with van der Waals surface area (Å²) in [4.78, 5) is 13.7. The van der Waals surface area contributed by atoms with Gasteiger partial charge in [0.2, 0.25) is 5.91 Å². The normalized spacial score (nSPS) is 9.86. The topological polar surface area (TPSA) is 46.3 Å². The molecule has 0 radical (unpaired) electrons. The molecule has 0 unspecified atom stereocenters. The molecule has 0 saturated carbocycles. The van der Waals surface area contributed by atoms with Crippen molar-refractivity contribution in [2.45, 2.75) is 4.90 Å². The first-order valence-electron chi connectivity index (χ1n) is 4.27. The Labute approximate surface area is 88.3 Å². The van der Waals surface area contributed by atoms with Crippen molar-refractivity contribution in [1.82, 2.24) is 0 Å². The van der Waals surface area contributed by atoms with E-state index in [0.717, 1.165) is 5.69 Å². The molecule has 0 aliphatic rings. The molecule has 1 aromatic rings. The number of amides is 1. The summed E-state index contributed by atoms with van der Waals surface area (Å²) in [5.74, 6) is -0.318. The zero-order valence-corrected chi connectivity index (χ0v) is 9.17. The lowest BCUT2D eigenvalue weighted by Gasteiger charge is -2.17. The summed E-state index contributed by atoms with van der Waals surface area (Å²) in [6, 6.07) is 8.01. The van der Waals surface area contributed by atoms with E-state index in [0.29, 0.717) is 0 Å². The van der Waals surface area contributed by atoms with Crippen molar-refractivity contribution in [2.24, 2.45) is 5.73 Å². The number of hydrogen-bond donors (Lipinski definition) is 1. The Hall–Kier alpha value is -1.16. The molecule has 0 spiro atoms. The van der Waals surface area contributed by atoms with Gasteiger partial charge in [0.1, 0.15) is 0 Å². The van der Waals surface area contributed by atoms with E-state index in [4.69, 9.17) is 5.73 Å². The smallest absolute Gasteiger partial charge is 0.236 e. The van der Waals surface area contributed by atoms with Gasteiger partial charge in [0.25, 0.3) is 0 Å². The van der Waals surface area contributed by atoms with Crippen LogP contribution in [-0.4, -0.2) is 25.8 Å². The van der Waals surface area contributed by atoms with Crippen LogP contribution in [0.3, 0.4) is 0 Å². The lowest BCUT2D eigenvalue weighted by atomic mass is 10.3. The van der Waals surface area contributed by atoms with Crippen LogP contribution in [0.5, 0.6) is 0 Å². The van der Waals surface area contributed by atoms with Crippen LogP contribution in [0.25, 0.3) is 0 Å². The highest BCUT2D eigenvalue weighted by Gasteiger charge is 2.03. The number of benzene rings is 1. The third kappa shape index (κ3) is 2.96. The van der Waals surface area contributed by atoms with Crippen molar-refractivity contribution in [2.75, 3.05) is 24.7 Å². The number of nitrogens with zero attached hydrogens (tertiary/aromatic N) is 1. The van der Waals surface area contributed by atoms with Crippen LogP contribution in [0.15, 0.2) is 29.2 Å². The predicted molar refractivity (Wildman–Crippen MR) is 60.7 cm³/mol. The maximum absolute atomic E-state index is 10.7. The average Bonchev–Trinajstić information content (AvgIpc) is 2.17. The molecule has 0 fully saturated rings. The van der Waals surface area contributed by atoms with Crippen molar-refractivity contribution in [3.8, 4) is 0 Å². The second-order valence-electron chi connectivity index (χ2n) is 3.02. The van der Waals surface area contributed by atoms with Crippen LogP contribution in [-0.2, 0) is 4.79 Å². The van der Waals surface area contributed by atoms with E-state index < -0.39 is 0 Å². The highest BCUT2D eigenvalue weighted by Crippen LogP contribution is 2.19. The number of hydrogen-bond acceptors (Lipinski definition) is 3. The minimum absolute atomic E-state index is 0.249. The molecule has 3 nitrogen and oxygen atoms in total. The van der Waals surface area contributed by atoms with Gasteiger partial charge in [0.05, 0.1) is 6.54 Å². The molecule has 1 amide bonds. The Morgan fingerprint density at radius 1 is 1.43 bits per heavy atom. The Morgan fingerprint density at radius 2 is 2.00 bits per heavy atom. The van der Waals surface area contributed by atoms with Gasteiger partial charge < -0.3 is 10.6 Å². The molecule has 1 rings (SSSR count). The minimum atomic E-state index is -0.318. The summed E-state index contributed by atoms with van der Waals surface area (Å²) in [6.45, 7) is 0.249. The van der Waals surface area contributed by atoms with Gasteiger partial charge >= 0.3 is 0 Å². The van der Waals surface area contributed by atoms with E-state index in [-0.39, 0.29) is 12.5 Å². The summed E-state index contributed by atoms with van der Waals surface area (Å²) in [7, 11) is 1.85. The molecule has 4 heteroatoms. The van der Waals surface area contributed by atoms with E-state index >= 15 is 0 Å². The first kappa shape index (κ1) is 10.9. The highest BCUT2D eigenvalue weighted by molar-refractivity contribution is 7.98. The van der Waals surface area contributed by atoms with Crippen LogP contribution in [0.1, 0.15) is 0 Å². The van der Waals surface area contributed by atoms with E-state index in [9.17, 15) is 4.79 Å². The van der Waals surface area contributed by atoms with Crippen LogP contribution >= 0.6 is 11.8 Å². The molecule has 76 valence electrons. The number of carbonyl (C=O) groups excluding carboxylic acids is 1. The van der Waals surface area contributed by atoms with Gasteiger partial charge in [-0.15, -0.1) is 11.8 Å². The molecule has 0 bridgehead atoms. The summed E-state index contributed by atoms with van der Waals surface area (Å²) < 4.78 is 0. The fourth-order valence-electron chi connectivity index (χ4n) is 1.16. The zero-order valence-electron chi connectivity index (χ0n) is 8.36. The number of primary amides is 1. The third-order valence-corrected chi connectivity index (χ3v) is 2.65. The van der Waals surface area contributed by atoms with E-state index in [2.05, 4.69) is 0 Å². The van der Waals surface area contributed by atoms with Crippen LogP contribution in [0.2, 0.25) is 0 Å². The molecule has 14 heavy (non-hydrogen) atoms. The molecule has 1 aromatic carbocycles. The van der Waals surface area contributed by atoms with Crippen molar-refractivity contribution >= 4 is 23.4 Å². The second kappa shape index (κ2) is 4.91. The predicted octanol–water partition coefficient (Wildman–Crippen LogP) is 1.33. The first-order chi connectivity index (χ1) is 6.63. The SMILES string of the molecule is CSc1ccc(N(C)CC(N)=O)cc1. The van der Waals surface area contributed by atoms with Crippen LogP contribution < -0.4 is 10.6 Å². The maximum atomic E-state index is 10.7. The third-order valence-electron chi connectivity index (χ3n) is 1.91. The molecule has 2 N–H and O–H groups in total. The van der Waals surface area contributed by atoms with E-state index in [1.165, 1.54) is 4.90 Å². The van der Waals surface area contributed by atoms with Crippen molar-refractivity contribution in [1.29, 1.82) is 0 Å². The number of nitrogens with two attached hydrogens (primary N) is 1. The monoisotopic (exact) mass is 210 g/mol. The second-order valence-corrected chi connectivity index (χ2v) is 3.90. The quantitative estimate of drug-likeness (QED) is 0.763. The molecule has 0 aliphatic carbocycles. The largest absolute Gasteiger partial charge is 0.368 e. The summed E-state index contributed by atoms with van der Waals surface area (Å²) in [5, 5.41) is 0. The Morgan fingerprint density at radius 3 is 2.43 bits per heavy atom. The lowest BCUT2D eigenvalue weighted by molar-refractivity contribution is -0.116. The van der Waals surface area contributed by atoms with Gasteiger partial charge in [-0.3, -0.25) is 4.79 Å². The minimum Gasteiger partial charge on any atom is -0.368 e. The van der Waals surface area contributed by atoms with Gasteiger partial charge in [0, 0.05) is 17.6 Å². The number of carbonyl (C=O) groups is 1. The van der Waals surface area contributed by atoms with Crippen molar-refractivity contribution < 1.29 is 4.79 Å². The molecule has 0 heterocycles. The molecule has 0 saturated heterocycles. The molecule has 0 aromatic heterocycles. The number of rotatable bonds is 4. The summed E-state index contributed by atoms with van der Waals surface area (Å²) in [6.07, 6.45) is 2.03. The summed E-state index contributed by atoms with van der Waals surface area (Å²) in [5.41, 5.74) is 6.10. The standard InChI is InChI=1S/C10H14N2OS/c1-12(7-10(11)13)8-3-5-9(14-2)6-4-8/h3-6H,7H2,1-2H3,(H2,11,13). The van der Waals surface area contributed by atoms with Gasteiger partial charge in [-0.05, 0) is 30.5 Å². The molecular weight excluding hydrogens is 196 g/mol. The van der Waals surface area contributed by atoms with Gasteiger partial charge in [-0.2, -0.15) is 0 Å². The Balaban J connectivity index is 2.71. The van der Waals surface area contributed by atoms with Crippen molar-refractivity contribution in [3.05, 3.63) is 24.3 Å². The zero-order chi connectivity index (χ0) is 10.6.